The van der Waals surface area contributed by atoms with Crippen molar-refractivity contribution in [2.45, 2.75) is 13.3 Å². The maximum Gasteiger partial charge on any atom is 0.263 e. The number of nitrogens with zero attached hydrogens (tertiary/aromatic N) is 1. The molecular formula is C14H14ClN3O2. The van der Waals surface area contributed by atoms with E-state index in [2.05, 4.69) is 15.3 Å². The third-order valence-corrected chi connectivity index (χ3v) is 3.04. The first-order valence-corrected chi connectivity index (χ1v) is 6.52. The number of rotatable bonds is 4. The lowest BCUT2D eigenvalue weighted by Crippen LogP contribution is -2.31. The van der Waals surface area contributed by atoms with Gasteiger partial charge in [-0.15, -0.1) is 0 Å². The van der Waals surface area contributed by atoms with Gasteiger partial charge in [0.2, 0.25) is 0 Å². The summed E-state index contributed by atoms with van der Waals surface area (Å²) in [6.45, 7) is 2.09. The molecule has 1 amide bonds. The minimum Gasteiger partial charge on any atom is -0.351 e. The summed E-state index contributed by atoms with van der Waals surface area (Å²) in [6.07, 6.45) is 1.95. The lowest BCUT2D eigenvalue weighted by Gasteiger charge is -2.05. The SMILES string of the molecule is Cc1ncc(C(=O)NCCc2ccc(Cl)cc2)c(=O)[nH]1. The third kappa shape index (κ3) is 3.68. The summed E-state index contributed by atoms with van der Waals surface area (Å²) in [6, 6.07) is 7.39. The van der Waals surface area contributed by atoms with E-state index in [1.165, 1.54) is 6.20 Å². The van der Waals surface area contributed by atoms with Crippen molar-refractivity contribution in [3.63, 3.8) is 0 Å². The largest absolute Gasteiger partial charge is 0.351 e. The van der Waals surface area contributed by atoms with Crippen molar-refractivity contribution in [2.24, 2.45) is 0 Å². The molecule has 0 fully saturated rings. The van der Waals surface area contributed by atoms with Gasteiger partial charge >= 0.3 is 0 Å². The smallest absolute Gasteiger partial charge is 0.263 e. The van der Waals surface area contributed by atoms with Gasteiger partial charge < -0.3 is 10.3 Å². The Balaban J connectivity index is 1.92. The molecule has 0 radical (unpaired) electrons. The van der Waals surface area contributed by atoms with Gasteiger partial charge in [0, 0.05) is 17.8 Å². The van der Waals surface area contributed by atoms with Crippen LogP contribution < -0.4 is 10.9 Å². The molecular weight excluding hydrogens is 278 g/mol. The number of halogens is 1. The van der Waals surface area contributed by atoms with Crippen LogP contribution in [0.3, 0.4) is 0 Å². The van der Waals surface area contributed by atoms with Gasteiger partial charge in [0.15, 0.2) is 0 Å². The highest BCUT2D eigenvalue weighted by molar-refractivity contribution is 6.30. The fourth-order valence-electron chi connectivity index (χ4n) is 1.71. The first kappa shape index (κ1) is 14.3. The average molecular weight is 292 g/mol. The Kier molecular flexibility index (Phi) is 4.53. The van der Waals surface area contributed by atoms with Crippen molar-refractivity contribution < 1.29 is 4.79 Å². The normalized spacial score (nSPS) is 10.3. The molecule has 0 aliphatic heterocycles. The number of H-pyrrole nitrogens is 1. The first-order chi connectivity index (χ1) is 9.56. The molecule has 0 spiro atoms. The number of benzene rings is 1. The highest BCUT2D eigenvalue weighted by Gasteiger charge is 2.10. The second kappa shape index (κ2) is 6.34. The molecule has 1 aromatic heterocycles. The van der Waals surface area contributed by atoms with Gasteiger partial charge in [-0.3, -0.25) is 9.59 Å². The molecule has 0 aliphatic rings. The molecule has 0 unspecified atom stereocenters. The van der Waals surface area contributed by atoms with E-state index in [4.69, 9.17) is 11.6 Å². The summed E-state index contributed by atoms with van der Waals surface area (Å²) in [7, 11) is 0. The molecule has 0 aliphatic carbocycles. The van der Waals surface area contributed by atoms with Gasteiger partial charge in [-0.2, -0.15) is 0 Å². The number of carbonyl (C=O) groups is 1. The van der Waals surface area contributed by atoms with E-state index in [1.54, 1.807) is 19.1 Å². The van der Waals surface area contributed by atoms with E-state index in [9.17, 15) is 9.59 Å². The predicted molar refractivity (Wildman–Crippen MR) is 77.1 cm³/mol. The number of amides is 1. The van der Waals surface area contributed by atoms with Crippen LogP contribution in [0.4, 0.5) is 0 Å². The summed E-state index contributed by atoms with van der Waals surface area (Å²) >= 11 is 5.79. The van der Waals surface area contributed by atoms with Crippen LogP contribution in [-0.2, 0) is 6.42 Å². The molecule has 1 aromatic carbocycles. The Morgan fingerprint density at radius 2 is 2.05 bits per heavy atom. The van der Waals surface area contributed by atoms with E-state index in [0.717, 1.165) is 5.56 Å². The lowest BCUT2D eigenvalue weighted by atomic mass is 10.1. The fraction of sp³-hybridized carbons (Fsp3) is 0.214. The molecule has 2 rings (SSSR count). The van der Waals surface area contributed by atoms with Gasteiger partial charge in [-0.1, -0.05) is 23.7 Å². The van der Waals surface area contributed by atoms with E-state index in [-0.39, 0.29) is 5.56 Å². The Morgan fingerprint density at radius 1 is 1.35 bits per heavy atom. The highest BCUT2D eigenvalue weighted by Crippen LogP contribution is 2.09. The number of aromatic amines is 1. The second-order valence-corrected chi connectivity index (χ2v) is 4.78. The number of hydrogen-bond acceptors (Lipinski definition) is 3. The van der Waals surface area contributed by atoms with Crippen LogP contribution in [-0.4, -0.2) is 22.4 Å². The summed E-state index contributed by atoms with van der Waals surface area (Å²) in [5, 5.41) is 3.37. The molecule has 1 heterocycles. The van der Waals surface area contributed by atoms with Crippen LogP contribution in [0.1, 0.15) is 21.7 Å². The molecule has 20 heavy (non-hydrogen) atoms. The van der Waals surface area contributed by atoms with Gasteiger partial charge in [0.05, 0.1) is 0 Å². The molecule has 104 valence electrons. The number of nitrogens with one attached hydrogen (secondary N) is 2. The van der Waals surface area contributed by atoms with Crippen molar-refractivity contribution >= 4 is 17.5 Å². The van der Waals surface area contributed by atoms with Gasteiger partial charge in [-0.25, -0.2) is 4.98 Å². The van der Waals surface area contributed by atoms with Crippen molar-refractivity contribution in [3.8, 4) is 0 Å². The van der Waals surface area contributed by atoms with Crippen LogP contribution in [0, 0.1) is 6.92 Å². The quantitative estimate of drug-likeness (QED) is 0.900. The van der Waals surface area contributed by atoms with Crippen LogP contribution >= 0.6 is 11.6 Å². The summed E-state index contributed by atoms with van der Waals surface area (Å²) < 4.78 is 0. The fourth-order valence-corrected chi connectivity index (χ4v) is 1.84. The van der Waals surface area contributed by atoms with E-state index >= 15 is 0 Å². The van der Waals surface area contributed by atoms with Gasteiger partial charge in [0.1, 0.15) is 11.4 Å². The second-order valence-electron chi connectivity index (χ2n) is 4.34. The monoisotopic (exact) mass is 291 g/mol. The summed E-state index contributed by atoms with van der Waals surface area (Å²) in [5.74, 6) is 0.0560. The standard InChI is InChI=1S/C14H14ClN3O2/c1-9-17-8-12(14(20)18-9)13(19)16-7-6-10-2-4-11(15)5-3-10/h2-5,8H,6-7H2,1H3,(H,16,19)(H,17,18,20). The number of carbonyl (C=O) groups excluding carboxylic acids is 1. The molecule has 0 atom stereocenters. The van der Waals surface area contributed by atoms with Crippen LogP contribution in [0.2, 0.25) is 5.02 Å². The summed E-state index contributed by atoms with van der Waals surface area (Å²) in [5.41, 5.74) is 0.652. The Labute approximate surface area is 121 Å². The topological polar surface area (TPSA) is 74.8 Å². The Morgan fingerprint density at radius 3 is 2.70 bits per heavy atom. The van der Waals surface area contributed by atoms with Crippen LogP contribution in [0.25, 0.3) is 0 Å². The minimum absolute atomic E-state index is 0.0201. The molecule has 5 nitrogen and oxygen atoms in total. The third-order valence-electron chi connectivity index (χ3n) is 2.78. The predicted octanol–water partition coefficient (Wildman–Crippen LogP) is 1.70. The zero-order valence-corrected chi connectivity index (χ0v) is 11.7. The number of aromatic nitrogens is 2. The van der Waals surface area contributed by atoms with Crippen LogP contribution in [0.5, 0.6) is 0 Å². The van der Waals surface area contributed by atoms with Crippen LogP contribution in [0.15, 0.2) is 35.3 Å². The van der Waals surface area contributed by atoms with Crippen molar-refractivity contribution in [3.05, 3.63) is 62.8 Å². The van der Waals surface area contributed by atoms with E-state index < -0.39 is 11.5 Å². The zero-order valence-electron chi connectivity index (χ0n) is 10.9. The lowest BCUT2D eigenvalue weighted by molar-refractivity contribution is 0.0952. The maximum atomic E-state index is 11.8. The molecule has 2 aromatic rings. The van der Waals surface area contributed by atoms with Crippen molar-refractivity contribution in [2.75, 3.05) is 6.54 Å². The zero-order chi connectivity index (χ0) is 14.5. The number of hydrogen-bond donors (Lipinski definition) is 2. The molecule has 2 N–H and O–H groups in total. The van der Waals surface area contributed by atoms with Crippen molar-refractivity contribution in [1.29, 1.82) is 0 Å². The molecule has 0 bridgehead atoms. The maximum absolute atomic E-state index is 11.8. The minimum atomic E-state index is -0.429. The Hall–Kier alpha value is -2.14. The van der Waals surface area contributed by atoms with E-state index in [0.29, 0.717) is 23.8 Å². The molecule has 6 heteroatoms. The van der Waals surface area contributed by atoms with Gasteiger partial charge in [-0.05, 0) is 31.0 Å². The highest BCUT2D eigenvalue weighted by atomic mass is 35.5. The molecule has 0 saturated carbocycles. The molecule has 0 saturated heterocycles. The van der Waals surface area contributed by atoms with E-state index in [1.807, 2.05) is 12.1 Å². The Bertz CT molecular complexity index is 665. The summed E-state index contributed by atoms with van der Waals surface area (Å²) in [4.78, 5) is 29.8. The average Bonchev–Trinajstić information content (AvgIpc) is 2.41. The first-order valence-electron chi connectivity index (χ1n) is 6.15. The number of aryl methyl sites for hydroxylation is 1. The van der Waals surface area contributed by atoms with Gasteiger partial charge in [0.25, 0.3) is 11.5 Å². The van der Waals surface area contributed by atoms with Crippen molar-refractivity contribution in [1.82, 2.24) is 15.3 Å².